The van der Waals surface area contributed by atoms with E-state index in [1.54, 1.807) is 36.4 Å². The first-order chi connectivity index (χ1) is 21.9. The molecule has 0 aliphatic carbocycles. The van der Waals surface area contributed by atoms with Gasteiger partial charge in [0.2, 0.25) is 0 Å². The number of aromatic nitrogens is 4. The van der Waals surface area contributed by atoms with E-state index in [1.807, 2.05) is 13.8 Å². The average Bonchev–Trinajstić information content (AvgIpc) is 3.04. The van der Waals surface area contributed by atoms with E-state index in [1.165, 1.54) is 36.4 Å². The first-order valence-electron chi connectivity index (χ1n) is 13.8. The molecule has 2 N–H and O–H groups in total. The third kappa shape index (κ3) is 7.09. The summed E-state index contributed by atoms with van der Waals surface area (Å²) < 4.78 is 27.6. The number of fused-ring (bicyclic) bond motifs is 2. The monoisotopic (exact) mass is 660 g/mol. The van der Waals surface area contributed by atoms with Crippen molar-refractivity contribution in [1.82, 2.24) is 20.4 Å². The number of rotatable bonds is 6. The Balaban J connectivity index is 0.000000181. The van der Waals surface area contributed by atoms with Gasteiger partial charge in [0.25, 0.3) is 11.1 Å². The van der Waals surface area contributed by atoms with Crippen molar-refractivity contribution in [3.8, 4) is 0 Å². The van der Waals surface area contributed by atoms with Crippen LogP contribution in [0.2, 0.25) is 10.3 Å². The van der Waals surface area contributed by atoms with Crippen molar-refractivity contribution in [3.05, 3.63) is 149 Å². The Morgan fingerprint density at radius 2 is 1.04 bits per heavy atom. The van der Waals surface area contributed by atoms with Crippen LogP contribution in [-0.4, -0.2) is 32.0 Å². The minimum atomic E-state index is -0.430. The van der Waals surface area contributed by atoms with Crippen LogP contribution >= 0.6 is 23.2 Å². The minimum absolute atomic E-state index is 0.0622. The maximum absolute atomic E-state index is 13.8. The van der Waals surface area contributed by atoms with Gasteiger partial charge in [0.1, 0.15) is 11.6 Å². The van der Waals surface area contributed by atoms with Crippen molar-refractivity contribution in [3.63, 3.8) is 0 Å². The van der Waals surface area contributed by atoms with Crippen LogP contribution < -0.4 is 11.1 Å². The molecule has 0 aliphatic rings. The summed E-state index contributed by atoms with van der Waals surface area (Å²) in [6.07, 6.45) is -0.136. The van der Waals surface area contributed by atoms with Gasteiger partial charge >= 0.3 is 0 Å². The molecular weight excluding hydrogens is 637 g/mol. The molecule has 6 aromatic rings. The topological polar surface area (TPSA) is 126 Å². The van der Waals surface area contributed by atoms with E-state index in [0.717, 1.165) is 11.1 Å². The molecule has 0 bridgehead atoms. The van der Waals surface area contributed by atoms with Gasteiger partial charge < -0.3 is 0 Å². The Morgan fingerprint density at radius 1 is 0.609 bits per heavy atom. The van der Waals surface area contributed by atoms with Crippen LogP contribution in [0.4, 0.5) is 8.78 Å². The second kappa shape index (κ2) is 13.5. The molecule has 0 atom stereocenters. The molecular formula is C34H24Cl2F2N4O4. The van der Waals surface area contributed by atoms with E-state index in [2.05, 4.69) is 20.4 Å². The summed E-state index contributed by atoms with van der Waals surface area (Å²) in [5.74, 6) is -1.37. The lowest BCUT2D eigenvalue weighted by Crippen LogP contribution is -2.11. The highest BCUT2D eigenvalue weighted by Crippen LogP contribution is 2.22. The van der Waals surface area contributed by atoms with Crippen molar-refractivity contribution < 1.29 is 18.4 Å². The predicted octanol–water partition coefficient (Wildman–Crippen LogP) is 6.90. The van der Waals surface area contributed by atoms with Gasteiger partial charge in [-0.1, -0.05) is 76.8 Å². The Morgan fingerprint density at radius 3 is 1.57 bits per heavy atom. The number of aromatic amines is 2. The molecule has 0 saturated heterocycles. The van der Waals surface area contributed by atoms with Crippen molar-refractivity contribution in [2.24, 2.45) is 0 Å². The van der Waals surface area contributed by atoms with Crippen molar-refractivity contribution in [1.29, 1.82) is 0 Å². The summed E-state index contributed by atoms with van der Waals surface area (Å²) in [7, 11) is 0. The van der Waals surface area contributed by atoms with Crippen molar-refractivity contribution in [2.45, 2.75) is 26.7 Å². The summed E-state index contributed by atoms with van der Waals surface area (Å²) in [5.41, 5.74) is 2.29. The molecule has 8 nitrogen and oxygen atoms in total. The Bertz CT molecular complexity index is 2290. The molecule has 2 aromatic heterocycles. The molecule has 4 aromatic carbocycles. The number of benzene rings is 4. The normalized spacial score (nSPS) is 10.9. The Hall–Kier alpha value is -5.06. The van der Waals surface area contributed by atoms with Gasteiger partial charge in [0.15, 0.2) is 21.9 Å². The third-order valence-corrected chi connectivity index (χ3v) is 7.81. The smallest absolute Gasteiger partial charge is 0.272 e. The largest absolute Gasteiger partial charge is 0.294 e. The molecule has 2 heterocycles. The summed E-state index contributed by atoms with van der Waals surface area (Å²) in [6.45, 7) is 3.67. The molecule has 232 valence electrons. The second-order valence-corrected chi connectivity index (χ2v) is 11.3. The van der Waals surface area contributed by atoms with Crippen LogP contribution in [0.15, 0.2) is 82.4 Å². The van der Waals surface area contributed by atoms with E-state index in [-0.39, 0.29) is 45.7 Å². The predicted molar refractivity (Wildman–Crippen MR) is 173 cm³/mol. The molecule has 0 unspecified atom stereocenters. The quantitative estimate of drug-likeness (QED) is 0.187. The number of halogens is 4. The fourth-order valence-electron chi connectivity index (χ4n) is 4.84. The Labute approximate surface area is 270 Å². The van der Waals surface area contributed by atoms with E-state index in [0.29, 0.717) is 38.4 Å². The summed E-state index contributed by atoms with van der Waals surface area (Å²) in [4.78, 5) is 48.3. The average molecular weight is 661 g/mol. The number of carbonyl (C=O) groups is 2. The van der Waals surface area contributed by atoms with Crippen molar-refractivity contribution >= 4 is 56.3 Å². The zero-order valence-electron chi connectivity index (χ0n) is 24.4. The standard InChI is InChI=1S/2C17H12ClFN2O2/c1-9-2-5-14(19)11(6-9)8-15(22)10-3-4-12-13(7-10)16(18)20-21-17(12)23;1-9-2-5-14(19)11(6-9)8-15(22)10-3-4-12-13(7-10)17(23)21-20-16(12)18/h2*2-7H,8H2,1H3,(H,21,23). The van der Waals surface area contributed by atoms with Gasteiger partial charge in [-0.3, -0.25) is 19.2 Å². The lowest BCUT2D eigenvalue weighted by atomic mass is 9.99. The van der Waals surface area contributed by atoms with Crippen LogP contribution in [0.5, 0.6) is 0 Å². The fraction of sp³-hybridized carbons (Fsp3) is 0.118. The van der Waals surface area contributed by atoms with E-state index < -0.39 is 17.2 Å². The molecule has 46 heavy (non-hydrogen) atoms. The number of H-pyrrole nitrogens is 2. The number of Topliss-reactive ketones (excluding diaryl/α,β-unsaturated/α-hetero) is 2. The van der Waals surface area contributed by atoms with Gasteiger partial charge in [-0.25, -0.2) is 19.0 Å². The third-order valence-electron chi connectivity index (χ3n) is 7.23. The van der Waals surface area contributed by atoms with Crippen LogP contribution in [0.3, 0.4) is 0 Å². The van der Waals surface area contributed by atoms with Gasteiger partial charge in [-0.2, -0.15) is 10.2 Å². The molecule has 0 fully saturated rings. The zero-order chi connectivity index (χ0) is 33.1. The second-order valence-electron chi connectivity index (χ2n) is 10.6. The van der Waals surface area contributed by atoms with Gasteiger partial charge in [-0.15, -0.1) is 0 Å². The maximum atomic E-state index is 13.8. The molecule has 0 amide bonds. The molecule has 6 rings (SSSR count). The lowest BCUT2D eigenvalue weighted by Gasteiger charge is -2.06. The van der Waals surface area contributed by atoms with Crippen LogP contribution in [0.25, 0.3) is 21.5 Å². The van der Waals surface area contributed by atoms with E-state index in [4.69, 9.17) is 23.2 Å². The number of aryl methyl sites for hydroxylation is 2. The van der Waals surface area contributed by atoms with Crippen LogP contribution in [-0.2, 0) is 12.8 Å². The van der Waals surface area contributed by atoms with Crippen molar-refractivity contribution in [2.75, 3.05) is 0 Å². The number of ketones is 2. The Kier molecular flexibility index (Phi) is 9.50. The number of nitrogens with one attached hydrogen (secondary N) is 2. The molecule has 0 saturated carbocycles. The van der Waals surface area contributed by atoms with Gasteiger partial charge in [-0.05, 0) is 55.3 Å². The lowest BCUT2D eigenvalue weighted by molar-refractivity contribution is 0.0984. The number of hydrogen-bond acceptors (Lipinski definition) is 6. The SMILES string of the molecule is Cc1ccc(F)c(CC(=O)c2ccc3c(=O)[nH]nc(Cl)c3c2)c1.Cc1ccc(F)c(CC(=O)c2ccc3c(Cl)n[nH]c(=O)c3c2)c1. The van der Waals surface area contributed by atoms with Gasteiger partial charge in [0, 0.05) is 34.7 Å². The highest BCUT2D eigenvalue weighted by atomic mass is 35.5. The van der Waals surface area contributed by atoms with Gasteiger partial charge in [0.05, 0.1) is 10.8 Å². The fourth-order valence-corrected chi connectivity index (χ4v) is 5.25. The highest BCUT2D eigenvalue weighted by Gasteiger charge is 2.15. The number of hydrogen-bond donors (Lipinski definition) is 2. The first-order valence-corrected chi connectivity index (χ1v) is 14.6. The van der Waals surface area contributed by atoms with E-state index in [9.17, 15) is 28.0 Å². The number of carbonyl (C=O) groups excluding carboxylic acids is 2. The van der Waals surface area contributed by atoms with Crippen LogP contribution in [0, 0.1) is 25.5 Å². The summed E-state index contributed by atoms with van der Waals surface area (Å²) >= 11 is 11.9. The molecule has 12 heteroatoms. The number of nitrogens with zero attached hydrogens (tertiary/aromatic N) is 2. The van der Waals surface area contributed by atoms with Crippen LogP contribution in [0.1, 0.15) is 43.0 Å². The highest BCUT2D eigenvalue weighted by molar-refractivity contribution is 6.34. The summed E-state index contributed by atoms with van der Waals surface area (Å²) in [5, 5.41) is 13.6. The first kappa shape index (κ1) is 32.3. The molecule has 0 aliphatic heterocycles. The minimum Gasteiger partial charge on any atom is -0.294 e. The summed E-state index contributed by atoms with van der Waals surface area (Å²) in [6, 6.07) is 18.4. The molecule has 0 radical (unpaired) electrons. The molecule has 0 spiro atoms. The maximum Gasteiger partial charge on any atom is 0.272 e. The van der Waals surface area contributed by atoms with E-state index >= 15 is 0 Å². The zero-order valence-corrected chi connectivity index (χ0v) is 25.9.